The minimum Gasteiger partial charge on any atom is -0.493 e. The molecule has 2 aromatic rings. The quantitative estimate of drug-likeness (QED) is 0.537. The van der Waals surface area contributed by atoms with E-state index in [0.29, 0.717) is 17.1 Å². The lowest BCUT2D eigenvalue weighted by molar-refractivity contribution is -0.119. The molecule has 0 radical (unpaired) electrons. The first kappa shape index (κ1) is 21.2. The SMILES string of the molecule is COc1ccc(S(=O)(=O)N(CC(=O)NN=C(C)C)c2ccccc2)cc1OC. The van der Waals surface area contributed by atoms with Gasteiger partial charge in [0.1, 0.15) is 6.54 Å². The van der Waals surface area contributed by atoms with E-state index in [1.54, 1.807) is 44.2 Å². The summed E-state index contributed by atoms with van der Waals surface area (Å²) in [5.74, 6) is 0.111. The molecule has 0 heterocycles. The van der Waals surface area contributed by atoms with Gasteiger partial charge in [0.05, 0.1) is 24.8 Å². The largest absolute Gasteiger partial charge is 0.493 e. The second-order valence-corrected chi connectivity index (χ2v) is 7.82. The summed E-state index contributed by atoms with van der Waals surface area (Å²) in [4.78, 5) is 12.2. The molecule has 8 nitrogen and oxygen atoms in total. The zero-order valence-corrected chi connectivity index (χ0v) is 17.0. The summed E-state index contributed by atoms with van der Waals surface area (Å²) in [6, 6.07) is 12.6. The van der Waals surface area contributed by atoms with E-state index in [9.17, 15) is 13.2 Å². The Bertz CT molecular complexity index is 955. The van der Waals surface area contributed by atoms with Crippen molar-refractivity contribution in [2.24, 2.45) is 5.10 Å². The number of hydrogen-bond donors (Lipinski definition) is 1. The predicted molar refractivity (Wildman–Crippen MR) is 107 cm³/mol. The molecular weight excluding hydrogens is 382 g/mol. The number of carbonyl (C=O) groups is 1. The Kier molecular flexibility index (Phi) is 7.00. The van der Waals surface area contributed by atoms with E-state index in [1.807, 2.05) is 0 Å². The third kappa shape index (κ3) is 5.01. The van der Waals surface area contributed by atoms with Gasteiger partial charge in [-0.15, -0.1) is 0 Å². The molecule has 0 aliphatic heterocycles. The first-order chi connectivity index (χ1) is 13.3. The second-order valence-electron chi connectivity index (χ2n) is 5.96. The zero-order chi connectivity index (χ0) is 20.7. The Hall–Kier alpha value is -3.07. The smallest absolute Gasteiger partial charge is 0.264 e. The number of ether oxygens (including phenoxy) is 2. The maximum atomic E-state index is 13.3. The summed E-state index contributed by atoms with van der Waals surface area (Å²) in [6.45, 7) is 3.00. The number of sulfonamides is 1. The van der Waals surface area contributed by atoms with Crippen molar-refractivity contribution in [3.63, 3.8) is 0 Å². The minimum absolute atomic E-state index is 0.0306. The fourth-order valence-corrected chi connectivity index (χ4v) is 3.79. The van der Waals surface area contributed by atoms with Gasteiger partial charge in [-0.1, -0.05) is 18.2 Å². The van der Waals surface area contributed by atoms with Gasteiger partial charge in [0.25, 0.3) is 15.9 Å². The second kappa shape index (κ2) is 9.23. The molecule has 2 aromatic carbocycles. The number of nitrogens with zero attached hydrogens (tertiary/aromatic N) is 2. The van der Waals surface area contributed by atoms with Crippen molar-refractivity contribution in [3.05, 3.63) is 48.5 Å². The number of benzene rings is 2. The Morgan fingerprint density at radius 2 is 1.68 bits per heavy atom. The Morgan fingerprint density at radius 1 is 1.04 bits per heavy atom. The molecule has 0 spiro atoms. The van der Waals surface area contributed by atoms with Crippen molar-refractivity contribution in [3.8, 4) is 11.5 Å². The molecule has 2 rings (SSSR count). The summed E-state index contributed by atoms with van der Waals surface area (Å²) in [5.41, 5.74) is 3.34. The maximum absolute atomic E-state index is 13.3. The van der Waals surface area contributed by atoms with Gasteiger partial charge in [-0.3, -0.25) is 9.10 Å². The van der Waals surface area contributed by atoms with Crippen LogP contribution in [0.1, 0.15) is 13.8 Å². The van der Waals surface area contributed by atoms with E-state index >= 15 is 0 Å². The van der Waals surface area contributed by atoms with Crippen molar-refractivity contribution < 1.29 is 22.7 Å². The molecule has 28 heavy (non-hydrogen) atoms. The fraction of sp³-hybridized carbons (Fsp3) is 0.263. The third-order valence-corrected chi connectivity index (χ3v) is 5.45. The van der Waals surface area contributed by atoms with Crippen LogP contribution in [0.2, 0.25) is 0 Å². The van der Waals surface area contributed by atoms with Crippen LogP contribution in [-0.2, 0) is 14.8 Å². The highest BCUT2D eigenvalue weighted by atomic mass is 32.2. The number of amides is 1. The van der Waals surface area contributed by atoms with Crippen LogP contribution in [0.3, 0.4) is 0 Å². The number of rotatable bonds is 8. The number of hydrogen-bond acceptors (Lipinski definition) is 6. The molecule has 0 bridgehead atoms. The molecule has 150 valence electrons. The number of anilines is 1. The number of hydrazone groups is 1. The topological polar surface area (TPSA) is 97.3 Å². The lowest BCUT2D eigenvalue weighted by Gasteiger charge is -2.24. The molecule has 1 N–H and O–H groups in total. The molecule has 1 amide bonds. The molecule has 0 saturated heterocycles. The van der Waals surface area contributed by atoms with Crippen LogP contribution >= 0.6 is 0 Å². The highest BCUT2D eigenvalue weighted by Gasteiger charge is 2.28. The lowest BCUT2D eigenvalue weighted by Crippen LogP contribution is -2.39. The van der Waals surface area contributed by atoms with Crippen LogP contribution in [0, 0.1) is 0 Å². The maximum Gasteiger partial charge on any atom is 0.264 e. The molecule has 0 aliphatic rings. The fourth-order valence-electron chi connectivity index (χ4n) is 2.35. The highest BCUT2D eigenvalue weighted by Crippen LogP contribution is 2.32. The first-order valence-electron chi connectivity index (χ1n) is 8.39. The van der Waals surface area contributed by atoms with E-state index in [-0.39, 0.29) is 10.6 Å². The van der Waals surface area contributed by atoms with Gasteiger partial charge in [-0.25, -0.2) is 13.8 Å². The highest BCUT2D eigenvalue weighted by molar-refractivity contribution is 7.92. The van der Waals surface area contributed by atoms with Crippen LogP contribution in [0.15, 0.2) is 58.5 Å². The number of para-hydroxylation sites is 1. The van der Waals surface area contributed by atoms with Gasteiger partial charge in [0, 0.05) is 11.8 Å². The van der Waals surface area contributed by atoms with E-state index in [2.05, 4.69) is 10.5 Å². The standard InChI is InChI=1S/C19H23N3O5S/c1-14(2)20-21-19(23)13-22(15-8-6-5-7-9-15)28(24,25)16-10-11-17(26-3)18(12-16)27-4/h5-12H,13H2,1-4H3,(H,21,23). The van der Waals surface area contributed by atoms with Crippen LogP contribution in [-0.4, -0.2) is 40.8 Å². The van der Waals surface area contributed by atoms with Gasteiger partial charge < -0.3 is 9.47 Å². The molecule has 0 aromatic heterocycles. The Balaban J connectivity index is 2.47. The molecular formula is C19H23N3O5S. The van der Waals surface area contributed by atoms with E-state index in [4.69, 9.17) is 9.47 Å². The summed E-state index contributed by atoms with van der Waals surface area (Å²) in [7, 11) is -1.18. The van der Waals surface area contributed by atoms with E-state index in [0.717, 1.165) is 4.31 Å². The van der Waals surface area contributed by atoms with Crippen molar-refractivity contribution in [1.29, 1.82) is 0 Å². The number of nitrogens with one attached hydrogen (secondary N) is 1. The number of methoxy groups -OCH3 is 2. The number of carbonyl (C=O) groups excluding carboxylic acids is 1. The van der Waals surface area contributed by atoms with Crippen LogP contribution in [0.5, 0.6) is 11.5 Å². The van der Waals surface area contributed by atoms with E-state index in [1.165, 1.54) is 32.4 Å². The summed E-state index contributed by atoms with van der Waals surface area (Å²) < 4.78 is 37.9. The first-order valence-corrected chi connectivity index (χ1v) is 9.83. The molecule has 0 aliphatic carbocycles. The molecule has 0 fully saturated rings. The summed E-state index contributed by atoms with van der Waals surface area (Å²) in [6.07, 6.45) is 0. The summed E-state index contributed by atoms with van der Waals surface area (Å²) in [5, 5.41) is 3.84. The van der Waals surface area contributed by atoms with Crippen molar-refractivity contribution in [1.82, 2.24) is 5.43 Å². The van der Waals surface area contributed by atoms with Crippen LogP contribution in [0.25, 0.3) is 0 Å². The van der Waals surface area contributed by atoms with Crippen molar-refractivity contribution in [2.75, 3.05) is 25.1 Å². The van der Waals surface area contributed by atoms with Gasteiger partial charge in [0.15, 0.2) is 11.5 Å². The van der Waals surface area contributed by atoms with Gasteiger partial charge in [-0.05, 0) is 38.1 Å². The van der Waals surface area contributed by atoms with Gasteiger partial charge >= 0.3 is 0 Å². The average molecular weight is 405 g/mol. The average Bonchev–Trinajstić information content (AvgIpc) is 2.70. The lowest BCUT2D eigenvalue weighted by atomic mass is 10.3. The van der Waals surface area contributed by atoms with Crippen molar-refractivity contribution in [2.45, 2.75) is 18.7 Å². The molecule has 0 atom stereocenters. The normalized spacial score (nSPS) is 10.7. The zero-order valence-electron chi connectivity index (χ0n) is 16.2. The molecule has 0 saturated carbocycles. The van der Waals surface area contributed by atoms with Gasteiger partial charge in [0.2, 0.25) is 0 Å². The molecule has 9 heteroatoms. The Labute approximate surface area is 164 Å². The van der Waals surface area contributed by atoms with Crippen LogP contribution < -0.4 is 19.2 Å². The monoisotopic (exact) mass is 405 g/mol. The predicted octanol–water partition coefficient (Wildman–Crippen LogP) is 2.41. The Morgan fingerprint density at radius 3 is 2.25 bits per heavy atom. The van der Waals surface area contributed by atoms with Crippen molar-refractivity contribution >= 4 is 27.3 Å². The summed E-state index contributed by atoms with van der Waals surface area (Å²) >= 11 is 0. The van der Waals surface area contributed by atoms with Gasteiger partial charge in [-0.2, -0.15) is 5.10 Å². The molecule has 0 unspecified atom stereocenters. The van der Waals surface area contributed by atoms with Crippen LogP contribution in [0.4, 0.5) is 5.69 Å². The van der Waals surface area contributed by atoms with E-state index < -0.39 is 22.5 Å². The minimum atomic E-state index is -4.06. The third-order valence-electron chi connectivity index (χ3n) is 3.68.